The van der Waals surface area contributed by atoms with Gasteiger partial charge >= 0.3 is 0 Å². The lowest BCUT2D eigenvalue weighted by molar-refractivity contribution is 0.413. The smallest absolute Gasteiger partial charge is 0.208 e. The maximum absolute atomic E-state index is 9.84. The Balaban J connectivity index is 2.44. The maximum Gasteiger partial charge on any atom is 0.208 e. The van der Waals surface area contributed by atoms with E-state index in [0.717, 1.165) is 23.1 Å². The van der Waals surface area contributed by atoms with Gasteiger partial charge in [-0.1, -0.05) is 35.4 Å². The highest BCUT2D eigenvalue weighted by atomic mass is 35.5. The third-order valence-electron chi connectivity index (χ3n) is 2.28. The summed E-state index contributed by atoms with van der Waals surface area (Å²) in [5.41, 5.74) is 1.49. The highest BCUT2D eigenvalue weighted by molar-refractivity contribution is 8.01. The first kappa shape index (κ1) is 11.0. The van der Waals surface area contributed by atoms with Gasteiger partial charge in [0.25, 0.3) is 0 Å². The standard InChI is InChI=1S/C9H9Cl2NO2S/c10-9(11)15-12-7(13)5-3-1-2-4-6(5)8(12)14/h1-2,9,13-14H,3-4H2. The van der Waals surface area contributed by atoms with Crippen molar-refractivity contribution in [3.05, 3.63) is 23.3 Å². The summed E-state index contributed by atoms with van der Waals surface area (Å²) >= 11 is 12.1. The Morgan fingerprint density at radius 2 is 1.60 bits per heavy atom. The normalized spacial score (nSPS) is 14.6. The Morgan fingerprint density at radius 1 is 1.13 bits per heavy atom. The molecule has 0 unspecified atom stereocenters. The highest BCUT2D eigenvalue weighted by Crippen LogP contribution is 2.41. The molecule has 0 aromatic carbocycles. The molecule has 82 valence electrons. The van der Waals surface area contributed by atoms with Crippen molar-refractivity contribution in [1.82, 2.24) is 3.97 Å². The topological polar surface area (TPSA) is 45.4 Å². The molecule has 0 bridgehead atoms. The number of nitrogens with zero attached hydrogens (tertiary/aromatic N) is 1. The lowest BCUT2D eigenvalue weighted by atomic mass is 10.0. The Kier molecular flexibility index (Phi) is 3.09. The van der Waals surface area contributed by atoms with Crippen molar-refractivity contribution in [3.8, 4) is 11.8 Å². The van der Waals surface area contributed by atoms with E-state index in [2.05, 4.69) is 0 Å². The molecule has 0 spiro atoms. The lowest BCUT2D eigenvalue weighted by Gasteiger charge is -2.05. The second kappa shape index (κ2) is 4.20. The van der Waals surface area contributed by atoms with E-state index < -0.39 is 4.17 Å². The largest absolute Gasteiger partial charge is 0.494 e. The number of halogens is 2. The first-order valence-electron chi connectivity index (χ1n) is 4.36. The van der Waals surface area contributed by atoms with E-state index in [1.54, 1.807) is 0 Å². The number of allylic oxidation sites excluding steroid dienone is 2. The van der Waals surface area contributed by atoms with E-state index in [-0.39, 0.29) is 11.8 Å². The molecular weight excluding hydrogens is 257 g/mol. The molecular formula is C9H9Cl2NO2S. The number of aromatic nitrogens is 1. The average Bonchev–Trinajstić information content (AvgIpc) is 2.44. The van der Waals surface area contributed by atoms with E-state index in [9.17, 15) is 10.2 Å². The first-order valence-corrected chi connectivity index (χ1v) is 6.07. The summed E-state index contributed by atoms with van der Waals surface area (Å²) in [6, 6.07) is 0. The third-order valence-corrected chi connectivity index (χ3v) is 3.48. The zero-order chi connectivity index (χ0) is 11.0. The molecule has 1 heterocycles. The predicted octanol–water partition coefficient (Wildman–Crippen LogP) is 2.81. The van der Waals surface area contributed by atoms with Crippen LogP contribution in [0.5, 0.6) is 11.8 Å². The van der Waals surface area contributed by atoms with Crippen LogP contribution >= 0.6 is 35.1 Å². The molecule has 0 fully saturated rings. The summed E-state index contributed by atoms with van der Waals surface area (Å²) < 4.78 is 0.533. The van der Waals surface area contributed by atoms with Crippen LogP contribution in [0.2, 0.25) is 0 Å². The number of alkyl halides is 2. The van der Waals surface area contributed by atoms with Crippen LogP contribution < -0.4 is 0 Å². The summed E-state index contributed by atoms with van der Waals surface area (Å²) in [4.78, 5) is 0. The van der Waals surface area contributed by atoms with Gasteiger partial charge in [-0.25, -0.2) is 3.97 Å². The fourth-order valence-electron chi connectivity index (χ4n) is 1.63. The van der Waals surface area contributed by atoms with Crippen molar-refractivity contribution in [1.29, 1.82) is 0 Å². The molecule has 3 nitrogen and oxygen atoms in total. The molecule has 1 aromatic rings. The molecule has 0 atom stereocenters. The minimum absolute atomic E-state index is 0.0307. The number of hydrogen-bond acceptors (Lipinski definition) is 3. The molecule has 0 amide bonds. The van der Waals surface area contributed by atoms with Crippen LogP contribution in [-0.4, -0.2) is 18.4 Å². The van der Waals surface area contributed by atoms with Crippen LogP contribution in [0.1, 0.15) is 11.1 Å². The Morgan fingerprint density at radius 3 is 2.00 bits per heavy atom. The number of aromatic hydroxyl groups is 2. The summed E-state index contributed by atoms with van der Waals surface area (Å²) in [6.45, 7) is 0. The van der Waals surface area contributed by atoms with Crippen LogP contribution in [0, 0.1) is 0 Å². The Bertz CT molecular complexity index is 383. The molecule has 0 saturated heterocycles. The summed E-state index contributed by atoms with van der Waals surface area (Å²) in [5, 5.41) is 19.7. The van der Waals surface area contributed by atoms with E-state index in [0.29, 0.717) is 12.8 Å². The van der Waals surface area contributed by atoms with Crippen molar-refractivity contribution in [2.75, 3.05) is 0 Å². The van der Waals surface area contributed by atoms with Crippen LogP contribution in [0.3, 0.4) is 0 Å². The van der Waals surface area contributed by atoms with Crippen molar-refractivity contribution in [2.45, 2.75) is 17.0 Å². The van der Waals surface area contributed by atoms with Crippen LogP contribution in [0.4, 0.5) is 0 Å². The second-order valence-corrected chi connectivity index (χ2v) is 5.81. The van der Waals surface area contributed by atoms with Gasteiger partial charge < -0.3 is 10.2 Å². The van der Waals surface area contributed by atoms with Gasteiger partial charge in [0.2, 0.25) is 11.8 Å². The fourth-order valence-corrected chi connectivity index (χ4v) is 2.68. The molecule has 0 saturated carbocycles. The molecule has 1 aliphatic rings. The van der Waals surface area contributed by atoms with Gasteiger partial charge in [-0.3, -0.25) is 0 Å². The lowest BCUT2D eigenvalue weighted by Crippen LogP contribution is -1.92. The zero-order valence-electron chi connectivity index (χ0n) is 7.65. The van der Waals surface area contributed by atoms with E-state index >= 15 is 0 Å². The minimum Gasteiger partial charge on any atom is -0.494 e. The van der Waals surface area contributed by atoms with Gasteiger partial charge in [0.05, 0.1) is 0 Å². The van der Waals surface area contributed by atoms with Crippen LogP contribution in [0.25, 0.3) is 0 Å². The summed E-state index contributed by atoms with van der Waals surface area (Å²) in [5.74, 6) is 0.0614. The highest BCUT2D eigenvalue weighted by Gasteiger charge is 2.23. The van der Waals surface area contributed by atoms with Gasteiger partial charge in [0.15, 0.2) is 4.17 Å². The van der Waals surface area contributed by atoms with Gasteiger partial charge in [0.1, 0.15) is 0 Å². The monoisotopic (exact) mass is 265 g/mol. The maximum atomic E-state index is 9.84. The van der Waals surface area contributed by atoms with Crippen molar-refractivity contribution in [3.63, 3.8) is 0 Å². The van der Waals surface area contributed by atoms with Crippen LogP contribution in [-0.2, 0) is 12.8 Å². The third kappa shape index (κ3) is 1.94. The second-order valence-electron chi connectivity index (χ2n) is 3.14. The van der Waals surface area contributed by atoms with Gasteiger partial charge in [-0.2, -0.15) is 0 Å². The van der Waals surface area contributed by atoms with E-state index in [1.165, 1.54) is 3.97 Å². The zero-order valence-corrected chi connectivity index (χ0v) is 9.98. The van der Waals surface area contributed by atoms with Crippen molar-refractivity contribution >= 4 is 35.1 Å². The SMILES string of the molecule is Oc1c2c(c(O)n1SC(Cl)Cl)CC=CC2. The Labute approximate surface area is 101 Å². The summed E-state index contributed by atoms with van der Waals surface area (Å²) in [7, 11) is 0. The average molecular weight is 266 g/mol. The van der Waals surface area contributed by atoms with Gasteiger partial charge in [0, 0.05) is 11.1 Å². The molecule has 2 N–H and O–H groups in total. The quantitative estimate of drug-likeness (QED) is 0.639. The van der Waals surface area contributed by atoms with Gasteiger partial charge in [-0.15, -0.1) is 0 Å². The number of fused-ring (bicyclic) bond motifs is 1. The Hall–Kier alpha value is -0.450. The molecule has 1 aliphatic carbocycles. The molecule has 1 aromatic heterocycles. The molecule has 2 rings (SSSR count). The van der Waals surface area contributed by atoms with Gasteiger partial charge in [-0.05, 0) is 24.8 Å². The fraction of sp³-hybridized carbons (Fsp3) is 0.333. The number of rotatable bonds is 2. The molecule has 0 radical (unpaired) electrons. The van der Waals surface area contributed by atoms with Crippen molar-refractivity contribution < 1.29 is 10.2 Å². The van der Waals surface area contributed by atoms with E-state index in [1.807, 2.05) is 12.2 Å². The predicted molar refractivity (Wildman–Crippen MR) is 62.8 cm³/mol. The molecule has 6 heteroatoms. The van der Waals surface area contributed by atoms with Crippen molar-refractivity contribution in [2.24, 2.45) is 0 Å². The molecule has 0 aliphatic heterocycles. The molecule has 15 heavy (non-hydrogen) atoms. The minimum atomic E-state index is -0.733. The van der Waals surface area contributed by atoms with Crippen LogP contribution in [0.15, 0.2) is 12.2 Å². The first-order chi connectivity index (χ1) is 7.11. The van der Waals surface area contributed by atoms with E-state index in [4.69, 9.17) is 23.2 Å². The number of hydrogen-bond donors (Lipinski definition) is 2. The summed E-state index contributed by atoms with van der Waals surface area (Å²) in [6.07, 6.45) is 5.15.